The van der Waals surface area contributed by atoms with Crippen LogP contribution in [0.15, 0.2) is 72.8 Å². The van der Waals surface area contributed by atoms with Gasteiger partial charge in [-0.15, -0.1) is 0 Å². The molecule has 0 bridgehead atoms. The number of aromatic nitrogens is 1. The highest BCUT2D eigenvalue weighted by Crippen LogP contribution is 2.34. The number of para-hydroxylation sites is 1. The van der Waals surface area contributed by atoms with Gasteiger partial charge in [0.05, 0.1) is 18.2 Å². The van der Waals surface area contributed by atoms with Gasteiger partial charge in [-0.2, -0.15) is 0 Å². The van der Waals surface area contributed by atoms with E-state index in [4.69, 9.17) is 4.98 Å². The first-order valence-corrected chi connectivity index (χ1v) is 10.5. The summed E-state index contributed by atoms with van der Waals surface area (Å²) >= 11 is 0. The third kappa shape index (κ3) is 4.24. The third-order valence-electron chi connectivity index (χ3n) is 5.71. The van der Waals surface area contributed by atoms with Crippen LogP contribution in [0.3, 0.4) is 0 Å². The summed E-state index contributed by atoms with van der Waals surface area (Å²) < 4.78 is 0. The number of fused-ring (bicyclic) bond motifs is 1. The molecule has 148 valence electrons. The summed E-state index contributed by atoms with van der Waals surface area (Å²) in [6.45, 7) is 4.87. The average molecular weight is 385 g/mol. The highest BCUT2D eigenvalue weighted by molar-refractivity contribution is 5.98. The molecule has 0 radical (unpaired) electrons. The fourth-order valence-corrected chi connectivity index (χ4v) is 4.09. The van der Waals surface area contributed by atoms with Crippen LogP contribution in [0, 0.1) is 0 Å². The van der Waals surface area contributed by atoms with Crippen molar-refractivity contribution >= 4 is 11.6 Å². The van der Waals surface area contributed by atoms with Gasteiger partial charge < -0.3 is 4.90 Å². The maximum atomic E-state index is 13.8. The molecule has 1 heterocycles. The molecule has 0 N–H and O–H groups in total. The number of carbonyl (C=O) groups is 1. The van der Waals surface area contributed by atoms with Crippen molar-refractivity contribution in [1.82, 2.24) is 4.98 Å². The molecule has 1 unspecified atom stereocenters. The van der Waals surface area contributed by atoms with Gasteiger partial charge in [-0.3, -0.25) is 9.78 Å². The minimum absolute atomic E-state index is 0.148. The Labute approximate surface area is 173 Å². The largest absolute Gasteiger partial charge is 0.307 e. The quantitative estimate of drug-likeness (QED) is 0.552. The lowest BCUT2D eigenvalue weighted by Gasteiger charge is -2.31. The summed E-state index contributed by atoms with van der Waals surface area (Å²) in [6, 6.07) is 24.5. The van der Waals surface area contributed by atoms with E-state index in [1.807, 2.05) is 53.4 Å². The zero-order valence-electron chi connectivity index (χ0n) is 17.2. The zero-order valence-corrected chi connectivity index (χ0v) is 17.2. The zero-order chi connectivity index (χ0) is 20.2. The Hall–Kier alpha value is -2.94. The SMILES string of the molecule is CC(C)c1ccc2c(n1)C(C(=O)N(Cc1ccccc1)c1ccccc1)CCC2. The number of hydrogen-bond acceptors (Lipinski definition) is 2. The number of rotatable bonds is 5. The normalized spacial score (nSPS) is 15.8. The molecule has 3 heteroatoms. The number of hydrogen-bond donors (Lipinski definition) is 0. The van der Waals surface area contributed by atoms with Crippen LogP contribution in [0.5, 0.6) is 0 Å². The monoisotopic (exact) mass is 384 g/mol. The van der Waals surface area contributed by atoms with Crippen molar-refractivity contribution in [3.8, 4) is 0 Å². The highest BCUT2D eigenvalue weighted by atomic mass is 16.2. The number of anilines is 1. The molecule has 0 saturated carbocycles. The molecule has 3 aromatic rings. The first kappa shape index (κ1) is 19.4. The topological polar surface area (TPSA) is 33.2 Å². The van der Waals surface area contributed by atoms with E-state index >= 15 is 0 Å². The van der Waals surface area contributed by atoms with Crippen LogP contribution in [0.2, 0.25) is 0 Å². The number of benzene rings is 2. The molecule has 1 amide bonds. The standard InChI is InChI=1S/C26H28N2O/c1-19(2)24-17-16-21-12-9-15-23(25(21)27-24)26(29)28(22-13-7-4-8-14-22)18-20-10-5-3-6-11-20/h3-8,10-11,13-14,16-17,19,23H,9,12,15,18H2,1-2H3. The van der Waals surface area contributed by atoms with E-state index in [9.17, 15) is 4.79 Å². The number of aryl methyl sites for hydroxylation is 1. The average Bonchev–Trinajstić information content (AvgIpc) is 2.77. The maximum Gasteiger partial charge on any atom is 0.236 e. The summed E-state index contributed by atoms with van der Waals surface area (Å²) in [4.78, 5) is 20.7. The van der Waals surface area contributed by atoms with Crippen molar-refractivity contribution in [3.63, 3.8) is 0 Å². The number of amides is 1. The molecule has 1 atom stereocenters. The Bertz CT molecular complexity index is 967. The van der Waals surface area contributed by atoms with Crippen LogP contribution in [-0.2, 0) is 17.8 Å². The van der Waals surface area contributed by atoms with Crippen molar-refractivity contribution in [2.45, 2.75) is 51.5 Å². The molecule has 0 saturated heterocycles. The Morgan fingerprint density at radius 2 is 1.69 bits per heavy atom. The van der Waals surface area contributed by atoms with E-state index in [1.54, 1.807) is 0 Å². The number of nitrogens with zero attached hydrogens (tertiary/aromatic N) is 2. The van der Waals surface area contributed by atoms with Gasteiger partial charge in [0.2, 0.25) is 5.91 Å². The van der Waals surface area contributed by atoms with Crippen LogP contribution in [0.4, 0.5) is 5.69 Å². The van der Waals surface area contributed by atoms with Gasteiger partial charge in [-0.05, 0) is 54.5 Å². The van der Waals surface area contributed by atoms with Crippen LogP contribution in [-0.4, -0.2) is 10.9 Å². The first-order chi connectivity index (χ1) is 14.1. The van der Waals surface area contributed by atoms with Crippen LogP contribution in [0.25, 0.3) is 0 Å². The lowest BCUT2D eigenvalue weighted by atomic mass is 9.85. The molecule has 0 spiro atoms. The highest BCUT2D eigenvalue weighted by Gasteiger charge is 2.32. The number of carbonyl (C=O) groups excluding carboxylic acids is 1. The Morgan fingerprint density at radius 3 is 2.38 bits per heavy atom. The van der Waals surface area contributed by atoms with Crippen LogP contribution >= 0.6 is 0 Å². The van der Waals surface area contributed by atoms with Crippen molar-refractivity contribution in [1.29, 1.82) is 0 Å². The fourth-order valence-electron chi connectivity index (χ4n) is 4.09. The molecule has 4 rings (SSSR count). The van der Waals surface area contributed by atoms with Crippen LogP contribution in [0.1, 0.15) is 61.0 Å². The molecule has 1 aliphatic carbocycles. The summed E-state index contributed by atoms with van der Waals surface area (Å²) in [5.41, 5.74) is 5.35. The van der Waals surface area contributed by atoms with Gasteiger partial charge in [0.25, 0.3) is 0 Å². The molecule has 1 aromatic heterocycles. The molecule has 0 fully saturated rings. The minimum atomic E-state index is -0.179. The van der Waals surface area contributed by atoms with Gasteiger partial charge in [-0.25, -0.2) is 0 Å². The Kier molecular flexibility index (Phi) is 5.75. The van der Waals surface area contributed by atoms with Crippen molar-refractivity contribution < 1.29 is 4.79 Å². The summed E-state index contributed by atoms with van der Waals surface area (Å²) in [7, 11) is 0. The predicted molar refractivity (Wildman–Crippen MR) is 118 cm³/mol. The predicted octanol–water partition coefficient (Wildman–Crippen LogP) is 5.86. The lowest BCUT2D eigenvalue weighted by Crippen LogP contribution is -2.36. The van der Waals surface area contributed by atoms with E-state index < -0.39 is 0 Å². The van der Waals surface area contributed by atoms with Gasteiger partial charge in [0.15, 0.2) is 0 Å². The van der Waals surface area contributed by atoms with Gasteiger partial charge in [0.1, 0.15) is 0 Å². The molecule has 0 aliphatic heterocycles. The Balaban J connectivity index is 1.71. The van der Waals surface area contributed by atoms with Gasteiger partial charge in [0, 0.05) is 11.4 Å². The second kappa shape index (κ2) is 8.60. The molecule has 29 heavy (non-hydrogen) atoms. The lowest BCUT2D eigenvalue weighted by molar-refractivity contribution is -0.120. The van der Waals surface area contributed by atoms with E-state index in [0.29, 0.717) is 12.5 Å². The van der Waals surface area contributed by atoms with E-state index in [1.165, 1.54) is 5.56 Å². The number of pyridine rings is 1. The van der Waals surface area contributed by atoms with E-state index in [0.717, 1.165) is 41.9 Å². The first-order valence-electron chi connectivity index (χ1n) is 10.5. The van der Waals surface area contributed by atoms with Crippen molar-refractivity contribution in [3.05, 3.63) is 95.3 Å². The molecule has 3 nitrogen and oxygen atoms in total. The minimum Gasteiger partial charge on any atom is -0.307 e. The summed E-state index contributed by atoms with van der Waals surface area (Å²) in [5, 5.41) is 0. The smallest absolute Gasteiger partial charge is 0.236 e. The van der Waals surface area contributed by atoms with Gasteiger partial charge >= 0.3 is 0 Å². The van der Waals surface area contributed by atoms with Gasteiger partial charge in [-0.1, -0.05) is 68.4 Å². The van der Waals surface area contributed by atoms with Crippen molar-refractivity contribution in [2.75, 3.05) is 4.90 Å². The van der Waals surface area contributed by atoms with Crippen LogP contribution < -0.4 is 4.90 Å². The van der Waals surface area contributed by atoms with Crippen molar-refractivity contribution in [2.24, 2.45) is 0 Å². The maximum absolute atomic E-state index is 13.8. The summed E-state index contributed by atoms with van der Waals surface area (Å²) in [5.74, 6) is 0.323. The fraction of sp³-hybridized carbons (Fsp3) is 0.308. The second-order valence-electron chi connectivity index (χ2n) is 8.13. The third-order valence-corrected chi connectivity index (χ3v) is 5.71. The molecule has 2 aromatic carbocycles. The molecule has 1 aliphatic rings. The summed E-state index contributed by atoms with van der Waals surface area (Å²) in [6.07, 6.45) is 2.90. The molecular formula is C26H28N2O. The second-order valence-corrected chi connectivity index (χ2v) is 8.13. The van der Waals surface area contributed by atoms with E-state index in [2.05, 4.69) is 38.1 Å². The van der Waals surface area contributed by atoms with E-state index in [-0.39, 0.29) is 11.8 Å². The Morgan fingerprint density at radius 1 is 1.00 bits per heavy atom. The molecular weight excluding hydrogens is 356 g/mol.